The highest BCUT2D eigenvalue weighted by molar-refractivity contribution is 5.84. The maximum absolute atomic E-state index is 13.8. The van der Waals surface area contributed by atoms with Gasteiger partial charge in [-0.25, -0.2) is 9.37 Å². The third-order valence-corrected chi connectivity index (χ3v) is 7.26. The van der Waals surface area contributed by atoms with Crippen LogP contribution >= 0.6 is 0 Å². The van der Waals surface area contributed by atoms with Crippen LogP contribution < -0.4 is 0 Å². The molecule has 0 atom stereocenters. The quantitative estimate of drug-likeness (QED) is 0.627. The van der Waals surface area contributed by atoms with Crippen LogP contribution in [0.25, 0.3) is 11.0 Å². The highest BCUT2D eigenvalue weighted by atomic mass is 19.1. The van der Waals surface area contributed by atoms with Crippen LogP contribution in [0.5, 0.6) is 0 Å². The first-order chi connectivity index (χ1) is 16.0. The van der Waals surface area contributed by atoms with Gasteiger partial charge in [-0.15, -0.1) is 0 Å². The SMILES string of the molecule is O=C(C[C@H]1CC[C@@H](C(=O)O)CC1)N1CCc2c(n(Cc3cccc(F)c3)c3ncccc23)C1. The Bertz CT molecular complexity index is 1200. The molecule has 2 aromatic heterocycles. The molecule has 6 nitrogen and oxygen atoms in total. The molecule has 0 saturated heterocycles. The minimum absolute atomic E-state index is 0.134. The summed E-state index contributed by atoms with van der Waals surface area (Å²) in [4.78, 5) is 30.9. The molecule has 3 heterocycles. The van der Waals surface area contributed by atoms with E-state index in [0.29, 0.717) is 38.9 Å². The van der Waals surface area contributed by atoms with E-state index < -0.39 is 5.97 Å². The third kappa shape index (κ3) is 4.36. The van der Waals surface area contributed by atoms with Gasteiger partial charge in [0, 0.05) is 36.8 Å². The summed E-state index contributed by atoms with van der Waals surface area (Å²) in [5.74, 6) is -0.854. The summed E-state index contributed by atoms with van der Waals surface area (Å²) in [6.07, 6.45) is 5.93. The number of halogens is 1. The topological polar surface area (TPSA) is 75.4 Å². The number of hydrogen-bond acceptors (Lipinski definition) is 3. The van der Waals surface area contributed by atoms with Gasteiger partial charge in [0.05, 0.1) is 12.5 Å². The van der Waals surface area contributed by atoms with Crippen molar-refractivity contribution in [2.24, 2.45) is 11.8 Å². The lowest BCUT2D eigenvalue weighted by atomic mass is 9.80. The Hall–Kier alpha value is -3.22. The Morgan fingerprint density at radius 2 is 1.94 bits per heavy atom. The molecule has 0 bridgehead atoms. The van der Waals surface area contributed by atoms with Gasteiger partial charge in [-0.2, -0.15) is 0 Å². The van der Waals surface area contributed by atoms with Gasteiger partial charge in [-0.05, 0) is 73.4 Å². The molecule has 0 spiro atoms. The molecule has 1 aliphatic heterocycles. The summed E-state index contributed by atoms with van der Waals surface area (Å²) < 4.78 is 15.9. The number of hydrogen-bond donors (Lipinski definition) is 1. The predicted molar refractivity (Wildman–Crippen MR) is 122 cm³/mol. The summed E-state index contributed by atoms with van der Waals surface area (Å²) in [6.45, 7) is 1.69. The number of amides is 1. The normalized spacial score (nSPS) is 20.6. The summed E-state index contributed by atoms with van der Waals surface area (Å²) in [5.41, 5.74) is 4.02. The van der Waals surface area contributed by atoms with E-state index in [1.165, 1.54) is 11.6 Å². The summed E-state index contributed by atoms with van der Waals surface area (Å²) in [6, 6.07) is 10.6. The molecule has 0 radical (unpaired) electrons. The molecular formula is C26H28FN3O3. The fourth-order valence-electron chi connectivity index (χ4n) is 5.45. The molecule has 1 N–H and O–H groups in total. The zero-order valence-electron chi connectivity index (χ0n) is 18.5. The van der Waals surface area contributed by atoms with Gasteiger partial charge in [-0.1, -0.05) is 12.1 Å². The molecule has 1 aromatic carbocycles. The maximum atomic E-state index is 13.8. The molecule has 172 valence electrons. The fourth-order valence-corrected chi connectivity index (χ4v) is 5.45. The van der Waals surface area contributed by atoms with Gasteiger partial charge in [0.15, 0.2) is 0 Å². The smallest absolute Gasteiger partial charge is 0.306 e. The van der Waals surface area contributed by atoms with Crippen molar-refractivity contribution in [2.75, 3.05) is 6.54 Å². The van der Waals surface area contributed by atoms with E-state index in [1.807, 2.05) is 17.0 Å². The molecule has 33 heavy (non-hydrogen) atoms. The van der Waals surface area contributed by atoms with Crippen molar-refractivity contribution in [2.45, 2.75) is 51.6 Å². The number of carboxylic acids is 1. The van der Waals surface area contributed by atoms with Crippen LogP contribution in [-0.2, 0) is 29.1 Å². The second kappa shape index (κ2) is 8.96. The lowest BCUT2D eigenvalue weighted by Gasteiger charge is -2.31. The lowest BCUT2D eigenvalue weighted by Crippen LogP contribution is -2.38. The number of nitrogens with zero attached hydrogens (tertiary/aromatic N) is 3. The second-order valence-electron chi connectivity index (χ2n) is 9.34. The number of benzene rings is 1. The summed E-state index contributed by atoms with van der Waals surface area (Å²) in [7, 11) is 0. The number of pyridine rings is 1. The molecule has 0 unspecified atom stereocenters. The minimum Gasteiger partial charge on any atom is -0.481 e. The summed E-state index contributed by atoms with van der Waals surface area (Å²) in [5, 5.41) is 10.3. The van der Waals surface area contributed by atoms with Crippen LogP contribution in [0.15, 0.2) is 42.6 Å². The Morgan fingerprint density at radius 1 is 1.12 bits per heavy atom. The van der Waals surface area contributed by atoms with Gasteiger partial charge >= 0.3 is 5.97 Å². The van der Waals surface area contributed by atoms with Gasteiger partial charge in [-0.3, -0.25) is 9.59 Å². The van der Waals surface area contributed by atoms with E-state index >= 15 is 0 Å². The van der Waals surface area contributed by atoms with E-state index in [1.54, 1.807) is 18.3 Å². The zero-order valence-corrected chi connectivity index (χ0v) is 18.5. The maximum Gasteiger partial charge on any atom is 0.306 e. The fraction of sp³-hybridized carbons (Fsp3) is 0.423. The first kappa shape index (κ1) is 21.6. The van der Waals surface area contributed by atoms with Gasteiger partial charge < -0.3 is 14.6 Å². The number of carbonyl (C=O) groups excluding carboxylic acids is 1. The number of carboxylic acid groups (broad SMARTS) is 1. The van der Waals surface area contributed by atoms with Gasteiger partial charge in [0.2, 0.25) is 5.91 Å². The van der Waals surface area contributed by atoms with E-state index in [9.17, 15) is 19.1 Å². The van der Waals surface area contributed by atoms with Gasteiger partial charge in [0.1, 0.15) is 11.5 Å². The first-order valence-corrected chi connectivity index (χ1v) is 11.7. The van der Waals surface area contributed by atoms with Crippen molar-refractivity contribution in [1.29, 1.82) is 0 Å². The van der Waals surface area contributed by atoms with Crippen molar-refractivity contribution in [3.05, 3.63) is 65.2 Å². The van der Waals surface area contributed by atoms with Crippen molar-refractivity contribution < 1.29 is 19.1 Å². The lowest BCUT2D eigenvalue weighted by molar-refractivity contribution is -0.143. The Balaban J connectivity index is 1.36. The second-order valence-corrected chi connectivity index (χ2v) is 9.34. The monoisotopic (exact) mass is 449 g/mol. The van der Waals surface area contributed by atoms with Crippen molar-refractivity contribution in [3.63, 3.8) is 0 Å². The van der Waals surface area contributed by atoms with Gasteiger partial charge in [0.25, 0.3) is 0 Å². The predicted octanol–water partition coefficient (Wildman–Crippen LogP) is 4.39. The molecule has 7 heteroatoms. The zero-order chi connectivity index (χ0) is 22.9. The Kier molecular flexibility index (Phi) is 5.87. The average Bonchev–Trinajstić information content (AvgIpc) is 3.12. The minimum atomic E-state index is -0.719. The van der Waals surface area contributed by atoms with Crippen molar-refractivity contribution in [3.8, 4) is 0 Å². The molecule has 2 aliphatic rings. The van der Waals surface area contributed by atoms with Crippen molar-refractivity contribution >= 4 is 22.9 Å². The molecule has 3 aromatic rings. The Morgan fingerprint density at radius 3 is 2.70 bits per heavy atom. The molecule has 1 saturated carbocycles. The molecular weight excluding hydrogens is 421 g/mol. The number of aliphatic carboxylic acids is 1. The van der Waals surface area contributed by atoms with Crippen LogP contribution in [0.1, 0.15) is 48.9 Å². The molecule has 1 amide bonds. The van der Waals surface area contributed by atoms with Crippen LogP contribution in [0.3, 0.4) is 0 Å². The largest absolute Gasteiger partial charge is 0.481 e. The van der Waals surface area contributed by atoms with E-state index in [2.05, 4.69) is 15.6 Å². The third-order valence-electron chi connectivity index (χ3n) is 7.26. The molecule has 5 rings (SSSR count). The van der Waals surface area contributed by atoms with Crippen LogP contribution in [0.4, 0.5) is 4.39 Å². The first-order valence-electron chi connectivity index (χ1n) is 11.7. The highest BCUT2D eigenvalue weighted by Gasteiger charge is 2.31. The Labute approximate surface area is 192 Å². The van der Waals surface area contributed by atoms with Crippen LogP contribution in [0.2, 0.25) is 0 Å². The standard InChI is InChI=1S/C26H28FN3O3/c27-20-4-1-3-18(13-20)15-30-23-16-29(12-10-21(23)22-5-2-11-28-25(22)30)24(31)14-17-6-8-19(9-7-17)26(32)33/h1-5,11,13,17,19H,6-10,12,14-16H2,(H,32,33)/t17-,19+. The molecule has 1 fully saturated rings. The van der Waals surface area contributed by atoms with Crippen LogP contribution in [-0.4, -0.2) is 38.0 Å². The molecule has 1 aliphatic carbocycles. The highest BCUT2D eigenvalue weighted by Crippen LogP contribution is 2.34. The average molecular weight is 450 g/mol. The summed E-state index contributed by atoms with van der Waals surface area (Å²) >= 11 is 0. The van der Waals surface area contributed by atoms with Crippen LogP contribution in [0, 0.1) is 17.7 Å². The van der Waals surface area contributed by atoms with E-state index in [-0.39, 0.29) is 23.6 Å². The number of rotatable bonds is 5. The van der Waals surface area contributed by atoms with E-state index in [4.69, 9.17) is 0 Å². The number of carbonyl (C=O) groups is 2. The van der Waals surface area contributed by atoms with E-state index in [0.717, 1.165) is 41.6 Å². The number of aromatic nitrogens is 2. The van der Waals surface area contributed by atoms with Crippen molar-refractivity contribution in [1.82, 2.24) is 14.5 Å². The number of fused-ring (bicyclic) bond motifs is 3.